The van der Waals surface area contributed by atoms with Gasteiger partial charge in [0.25, 0.3) is 5.91 Å². The van der Waals surface area contributed by atoms with Crippen molar-refractivity contribution < 1.29 is 64.8 Å². The fourth-order valence-electron chi connectivity index (χ4n) is 13.0. The molecule has 4 saturated heterocycles. The van der Waals surface area contributed by atoms with Crippen LogP contribution in [0.2, 0.25) is 0 Å². The van der Waals surface area contributed by atoms with Crippen LogP contribution in [0.15, 0.2) is 73.3 Å². The summed E-state index contributed by atoms with van der Waals surface area (Å²) in [7, 11) is 0. The predicted molar refractivity (Wildman–Crippen MR) is 305 cm³/mol. The number of carbonyl (C=O) groups excluding carboxylic acids is 5. The van der Waals surface area contributed by atoms with Crippen molar-refractivity contribution in [2.24, 2.45) is 5.92 Å². The highest BCUT2D eigenvalue weighted by atomic mass is 16.3. The number of hydrogen-bond donors (Lipinski definition) is 13. The number of nitrogens with one attached hydrogen (secondary N) is 5. The molecule has 30 nitrogen and oxygen atoms in total. The average molecular weight is 1190 g/mol. The van der Waals surface area contributed by atoms with Gasteiger partial charge in [-0.1, -0.05) is 60.7 Å². The largest absolute Gasteiger partial charge is 0.396 e. The molecule has 0 bridgehead atoms. The van der Waals surface area contributed by atoms with Crippen LogP contribution >= 0.6 is 0 Å². The van der Waals surface area contributed by atoms with Gasteiger partial charge in [-0.05, 0) is 49.7 Å². The third kappa shape index (κ3) is 11.1. The molecular formula is C56H69N17O13. The Hall–Kier alpha value is -8.23. The first kappa shape index (κ1) is 58.2. The van der Waals surface area contributed by atoms with Gasteiger partial charge in [-0.3, -0.25) is 24.2 Å². The summed E-state index contributed by atoms with van der Waals surface area (Å²) in [5.41, 5.74) is 3.01. The third-order valence-corrected chi connectivity index (χ3v) is 17.6. The number of amides is 7. The van der Waals surface area contributed by atoms with Crippen molar-refractivity contribution in [3.05, 3.63) is 84.4 Å². The molecule has 12 rings (SSSR count). The topological polar surface area (TPSA) is 408 Å². The number of anilines is 4. The van der Waals surface area contributed by atoms with E-state index in [-0.39, 0.29) is 98.0 Å². The molecule has 2 aliphatic carbocycles. The molecule has 7 amide bonds. The number of hydrogen-bond acceptors (Lipinski definition) is 23. The maximum atomic E-state index is 13.9. The summed E-state index contributed by atoms with van der Waals surface area (Å²) in [4.78, 5) is 101. The molecular weight excluding hydrogens is 1120 g/mol. The molecule has 14 atom stereocenters. The molecule has 6 aliphatic rings. The number of rotatable bonds is 20. The minimum absolute atomic E-state index is 0.0343. The highest BCUT2D eigenvalue weighted by molar-refractivity contribution is 6.05. The quantitative estimate of drug-likeness (QED) is 0.0278. The number of aromatic nitrogens is 8. The van der Waals surface area contributed by atoms with E-state index < -0.39 is 116 Å². The second-order valence-corrected chi connectivity index (χ2v) is 23.1. The summed E-state index contributed by atoms with van der Waals surface area (Å²) in [5.74, 6) is -1.80. The smallest absolute Gasteiger partial charge is 0.325 e. The molecule has 2 saturated carbocycles. The lowest BCUT2D eigenvalue weighted by molar-refractivity contribution is -0.145. The number of fused-ring (bicyclic) bond motifs is 2. The molecule has 6 fully saturated rings. The minimum atomic E-state index is -1.55. The molecule has 6 aromatic rings. The molecule has 8 heterocycles. The maximum Gasteiger partial charge on any atom is 0.325 e. The monoisotopic (exact) mass is 1190 g/mol. The van der Waals surface area contributed by atoms with Gasteiger partial charge in [0.05, 0.1) is 81.3 Å². The number of aliphatic hydroxyl groups excluding tert-OH is 8. The SMILES string of the molecule is O=C(N[C@@H]1CCN(c2nc(N[C@H](CO)Cc3ccccc3)c3ncn([C@@H]4C[C@H](N5C(=O)C[C@@H](CO)C5=O)[C@@H](O)[C@H]4O)c3n2)C1)N[C@@H]1CCN(c2nc(N[C@H](CO)Cc3ccccc3)c3ncn([C@@H]4C[C@H](N5C(=O)N[C@@H](CO)C5=O)[C@@H](O)[C@H]4O)c3n2)C1. The predicted octanol–water partition coefficient (Wildman–Crippen LogP) is -2.50. The number of nitrogens with zero attached hydrogens (tertiary/aromatic N) is 12. The Labute approximate surface area is 490 Å². The molecule has 30 heteroatoms. The van der Waals surface area contributed by atoms with Gasteiger partial charge in [0.2, 0.25) is 23.7 Å². The van der Waals surface area contributed by atoms with Crippen LogP contribution in [-0.2, 0) is 27.2 Å². The van der Waals surface area contributed by atoms with E-state index in [4.69, 9.17) is 19.9 Å². The highest BCUT2D eigenvalue weighted by Crippen LogP contribution is 2.41. The summed E-state index contributed by atoms with van der Waals surface area (Å²) in [6.45, 7) is -0.339. The Morgan fingerprint density at radius 1 is 0.593 bits per heavy atom. The van der Waals surface area contributed by atoms with Crippen LogP contribution in [0, 0.1) is 5.92 Å². The van der Waals surface area contributed by atoms with Crippen molar-refractivity contribution in [1.29, 1.82) is 0 Å². The molecule has 456 valence electrons. The van der Waals surface area contributed by atoms with Crippen molar-refractivity contribution in [2.75, 3.05) is 73.0 Å². The van der Waals surface area contributed by atoms with E-state index in [0.717, 1.165) is 20.9 Å². The fourth-order valence-corrected chi connectivity index (χ4v) is 13.0. The molecule has 4 aliphatic heterocycles. The van der Waals surface area contributed by atoms with Gasteiger partial charge >= 0.3 is 12.1 Å². The van der Waals surface area contributed by atoms with Crippen molar-refractivity contribution in [3.63, 3.8) is 0 Å². The first-order valence-corrected chi connectivity index (χ1v) is 29.0. The van der Waals surface area contributed by atoms with Gasteiger partial charge in [-0.15, -0.1) is 0 Å². The number of benzene rings is 2. The second-order valence-electron chi connectivity index (χ2n) is 23.1. The van der Waals surface area contributed by atoms with Crippen LogP contribution in [0.3, 0.4) is 0 Å². The molecule has 13 N–H and O–H groups in total. The average Bonchev–Trinajstić information content (AvgIpc) is 1.73. The van der Waals surface area contributed by atoms with Gasteiger partial charge in [0, 0.05) is 44.7 Å². The normalized spacial score (nSPS) is 28.4. The van der Waals surface area contributed by atoms with Crippen molar-refractivity contribution >= 4 is 75.6 Å². The third-order valence-electron chi connectivity index (χ3n) is 17.6. The van der Waals surface area contributed by atoms with E-state index in [1.807, 2.05) is 70.5 Å². The lowest BCUT2D eigenvalue weighted by atomic mass is 10.1. The summed E-state index contributed by atoms with van der Waals surface area (Å²) in [5, 5.41) is 102. The van der Waals surface area contributed by atoms with Crippen LogP contribution in [0.25, 0.3) is 22.3 Å². The van der Waals surface area contributed by atoms with Crippen LogP contribution < -0.4 is 36.4 Å². The molecule has 2 aromatic carbocycles. The van der Waals surface area contributed by atoms with E-state index in [0.29, 0.717) is 44.3 Å². The zero-order chi connectivity index (χ0) is 60.1. The van der Waals surface area contributed by atoms with E-state index in [1.165, 1.54) is 12.7 Å². The van der Waals surface area contributed by atoms with Gasteiger partial charge < -0.3 is 86.4 Å². The molecule has 0 radical (unpaired) electrons. The Kier molecular flexibility index (Phi) is 16.4. The first-order valence-electron chi connectivity index (χ1n) is 29.0. The minimum Gasteiger partial charge on any atom is -0.396 e. The number of urea groups is 2. The highest BCUT2D eigenvalue weighted by Gasteiger charge is 2.54. The lowest BCUT2D eigenvalue weighted by Crippen LogP contribution is -2.48. The van der Waals surface area contributed by atoms with Crippen LogP contribution in [0.1, 0.15) is 55.3 Å². The lowest BCUT2D eigenvalue weighted by Gasteiger charge is -2.25. The number of aliphatic hydroxyl groups is 8. The van der Waals surface area contributed by atoms with Crippen molar-refractivity contribution in [2.45, 2.75) is 124 Å². The Balaban J connectivity index is 0.757. The van der Waals surface area contributed by atoms with Gasteiger partial charge in [0.15, 0.2) is 34.0 Å². The van der Waals surface area contributed by atoms with E-state index >= 15 is 0 Å². The second kappa shape index (κ2) is 24.3. The van der Waals surface area contributed by atoms with E-state index in [1.54, 1.807) is 9.13 Å². The zero-order valence-corrected chi connectivity index (χ0v) is 46.6. The number of imidazole rings is 2. The zero-order valence-electron chi connectivity index (χ0n) is 46.6. The van der Waals surface area contributed by atoms with Crippen molar-refractivity contribution in [3.8, 4) is 0 Å². The Bertz CT molecular complexity index is 3270. The fraction of sp³-hybridized carbons (Fsp3) is 0.518. The van der Waals surface area contributed by atoms with Crippen LogP contribution in [-0.4, -0.2) is 239 Å². The van der Waals surface area contributed by atoms with E-state index in [9.17, 15) is 64.8 Å². The molecule has 0 spiro atoms. The number of likely N-dealkylation sites (tertiary alicyclic amines) is 1. The van der Waals surface area contributed by atoms with Crippen LogP contribution in [0.4, 0.5) is 33.1 Å². The molecule has 0 unspecified atom stereocenters. The first-order chi connectivity index (χ1) is 41.6. The Morgan fingerprint density at radius 2 is 1.06 bits per heavy atom. The number of carbonyl (C=O) groups is 5. The summed E-state index contributed by atoms with van der Waals surface area (Å²) in [6, 6.07) is 10.9. The maximum absolute atomic E-state index is 13.9. The van der Waals surface area contributed by atoms with Crippen molar-refractivity contribution in [1.82, 2.24) is 64.8 Å². The van der Waals surface area contributed by atoms with Gasteiger partial charge in [-0.2, -0.15) is 19.9 Å². The summed E-state index contributed by atoms with van der Waals surface area (Å²) in [6.07, 6.45) is -1.58. The van der Waals surface area contributed by atoms with E-state index in [2.05, 4.69) is 36.6 Å². The standard InChI is InChI=1S/C56H69N17O13/c74-22-30-17-40(78)72(51(30)83)38-18-36(43(79)45(38)81)70-26-57-41-47(59-33(23-75)15-28-7-3-1-4-8-28)64-53(66-49(41)70)68-13-11-31(20-68)61-55(85)62-32-12-14-69(21-32)54-65-48(60-34(24-76)16-29-9-5-2-6-10-29)42-50(67-54)71(27-58-42)37-19-39(46(82)44(37)80)73-52(84)35(25-77)63-56(73)86/h1-10,26-27,30-39,43-46,74-77,79-82H,11-25H2,(H,63,86)(H,59,64,66)(H,60,65,67)(H2,61,62,85)/t30-,31+,32+,33-,34-,35-,36+,37+,38-,39-,43-,44-,45+,46+/m0/s1. The summed E-state index contributed by atoms with van der Waals surface area (Å²) < 4.78 is 3.16. The van der Waals surface area contributed by atoms with Gasteiger partial charge in [0.1, 0.15) is 30.5 Å². The van der Waals surface area contributed by atoms with Gasteiger partial charge in [-0.25, -0.2) is 19.6 Å². The number of imide groups is 2. The molecule has 86 heavy (non-hydrogen) atoms. The molecule has 4 aromatic heterocycles. The van der Waals surface area contributed by atoms with Crippen LogP contribution in [0.5, 0.6) is 0 Å². The Morgan fingerprint density at radius 3 is 1.49 bits per heavy atom. The summed E-state index contributed by atoms with van der Waals surface area (Å²) >= 11 is 0.